The van der Waals surface area contributed by atoms with Gasteiger partial charge in [0.15, 0.2) is 5.13 Å². The number of carbonyl (C=O) groups excluding carboxylic acids is 1. The zero-order valence-corrected chi connectivity index (χ0v) is 12.4. The summed E-state index contributed by atoms with van der Waals surface area (Å²) in [4.78, 5) is 27.2. The van der Waals surface area contributed by atoms with Crippen molar-refractivity contribution in [2.75, 3.05) is 5.32 Å². The van der Waals surface area contributed by atoms with E-state index in [0.29, 0.717) is 5.13 Å². The highest BCUT2D eigenvalue weighted by atomic mass is 32.1. The monoisotopic (exact) mass is 292 g/mol. The first-order valence-corrected chi connectivity index (χ1v) is 7.00. The van der Waals surface area contributed by atoms with Crippen molar-refractivity contribution in [2.45, 2.75) is 27.2 Å². The summed E-state index contributed by atoms with van der Waals surface area (Å²) in [7, 11) is 0. The molecule has 5 nitrogen and oxygen atoms in total. The van der Waals surface area contributed by atoms with E-state index in [0.717, 1.165) is 15.8 Å². The van der Waals surface area contributed by atoms with E-state index in [1.165, 1.54) is 25.2 Å². The number of carboxylic acid groups (broad SMARTS) is 1. The van der Waals surface area contributed by atoms with Gasteiger partial charge in [0, 0.05) is 6.42 Å². The topological polar surface area (TPSA) is 79.3 Å². The van der Waals surface area contributed by atoms with E-state index < -0.39 is 11.4 Å². The second kappa shape index (κ2) is 5.20. The Morgan fingerprint density at radius 3 is 2.75 bits per heavy atom. The van der Waals surface area contributed by atoms with E-state index in [1.54, 1.807) is 0 Å². The van der Waals surface area contributed by atoms with Crippen molar-refractivity contribution in [3.05, 3.63) is 23.8 Å². The van der Waals surface area contributed by atoms with Crippen LogP contribution in [0.3, 0.4) is 0 Å². The first kappa shape index (κ1) is 14.5. The molecule has 0 saturated carbocycles. The third kappa shape index (κ3) is 3.14. The highest BCUT2D eigenvalue weighted by molar-refractivity contribution is 7.22. The van der Waals surface area contributed by atoms with Gasteiger partial charge in [0.2, 0.25) is 5.91 Å². The van der Waals surface area contributed by atoms with E-state index in [2.05, 4.69) is 10.3 Å². The standard InChI is InChI=1S/C14H16N2O3S/c1-8-4-5-9-10(6-8)20-13(15-9)16-11(17)7-14(2,3)12(18)19/h4-6H,7H2,1-3H3,(H,18,19)(H,15,16,17). The van der Waals surface area contributed by atoms with Crippen molar-refractivity contribution in [3.8, 4) is 0 Å². The Balaban J connectivity index is 2.12. The van der Waals surface area contributed by atoms with E-state index in [4.69, 9.17) is 5.11 Å². The molecule has 106 valence electrons. The van der Waals surface area contributed by atoms with Gasteiger partial charge in [-0.15, -0.1) is 0 Å². The van der Waals surface area contributed by atoms with E-state index >= 15 is 0 Å². The second-order valence-corrected chi connectivity index (χ2v) is 6.43. The summed E-state index contributed by atoms with van der Waals surface area (Å²) in [5.41, 5.74) is 0.872. The van der Waals surface area contributed by atoms with Crippen LogP contribution in [0.4, 0.5) is 5.13 Å². The fourth-order valence-corrected chi connectivity index (χ4v) is 2.71. The number of benzene rings is 1. The highest BCUT2D eigenvalue weighted by Gasteiger charge is 2.30. The van der Waals surface area contributed by atoms with Crippen LogP contribution < -0.4 is 5.32 Å². The molecule has 20 heavy (non-hydrogen) atoms. The van der Waals surface area contributed by atoms with Crippen LogP contribution in [0.15, 0.2) is 18.2 Å². The quantitative estimate of drug-likeness (QED) is 0.907. The molecule has 2 aromatic rings. The number of hydrogen-bond donors (Lipinski definition) is 2. The zero-order chi connectivity index (χ0) is 14.9. The number of carbonyl (C=O) groups is 2. The van der Waals surface area contributed by atoms with Crippen molar-refractivity contribution in [3.63, 3.8) is 0 Å². The Bertz CT molecular complexity index is 676. The average Bonchev–Trinajstić information content (AvgIpc) is 2.68. The molecule has 1 heterocycles. The van der Waals surface area contributed by atoms with Gasteiger partial charge in [0.1, 0.15) is 0 Å². The number of aliphatic carboxylic acids is 1. The summed E-state index contributed by atoms with van der Waals surface area (Å²) in [5, 5.41) is 12.2. The van der Waals surface area contributed by atoms with Crippen molar-refractivity contribution < 1.29 is 14.7 Å². The summed E-state index contributed by atoms with van der Waals surface area (Å²) >= 11 is 1.38. The lowest BCUT2D eigenvalue weighted by Crippen LogP contribution is -2.29. The maximum atomic E-state index is 11.9. The lowest BCUT2D eigenvalue weighted by Gasteiger charge is -2.17. The summed E-state index contributed by atoms with van der Waals surface area (Å²) in [6.07, 6.45) is -0.0860. The third-order valence-electron chi connectivity index (χ3n) is 2.97. The molecule has 0 unspecified atom stereocenters. The van der Waals surface area contributed by atoms with E-state index in [1.807, 2.05) is 25.1 Å². The highest BCUT2D eigenvalue weighted by Crippen LogP contribution is 2.28. The fraction of sp³-hybridized carbons (Fsp3) is 0.357. The predicted molar refractivity (Wildman–Crippen MR) is 79.0 cm³/mol. The molecule has 1 amide bonds. The number of thiazole rings is 1. The van der Waals surface area contributed by atoms with Crippen molar-refractivity contribution >= 4 is 38.6 Å². The van der Waals surface area contributed by atoms with Crippen LogP contribution in [-0.2, 0) is 9.59 Å². The summed E-state index contributed by atoms with van der Waals surface area (Å²) < 4.78 is 0.998. The maximum Gasteiger partial charge on any atom is 0.309 e. The molecule has 2 rings (SSSR count). The van der Waals surface area contributed by atoms with Crippen LogP contribution >= 0.6 is 11.3 Å². The van der Waals surface area contributed by atoms with Crippen molar-refractivity contribution in [2.24, 2.45) is 5.41 Å². The summed E-state index contributed by atoms with van der Waals surface area (Å²) in [5.74, 6) is -1.33. The Morgan fingerprint density at radius 1 is 1.40 bits per heavy atom. The number of nitrogens with zero attached hydrogens (tertiary/aromatic N) is 1. The van der Waals surface area contributed by atoms with Gasteiger partial charge in [-0.1, -0.05) is 17.4 Å². The molecule has 0 saturated heterocycles. The Morgan fingerprint density at radius 2 is 2.10 bits per heavy atom. The molecule has 0 fully saturated rings. The molecule has 0 bridgehead atoms. The molecule has 0 radical (unpaired) electrons. The third-order valence-corrected chi connectivity index (χ3v) is 3.91. The molecule has 0 spiro atoms. The lowest BCUT2D eigenvalue weighted by molar-refractivity contribution is -0.148. The van der Waals surface area contributed by atoms with Gasteiger partial charge in [-0.3, -0.25) is 9.59 Å². The molecular weight excluding hydrogens is 276 g/mol. The Labute approximate surface area is 120 Å². The number of nitrogens with one attached hydrogen (secondary N) is 1. The van der Waals surface area contributed by atoms with E-state index in [-0.39, 0.29) is 12.3 Å². The summed E-state index contributed by atoms with van der Waals surface area (Å²) in [6, 6.07) is 5.86. The van der Waals surface area contributed by atoms with E-state index in [9.17, 15) is 9.59 Å². The zero-order valence-electron chi connectivity index (χ0n) is 11.6. The van der Waals surface area contributed by atoms with Crippen LogP contribution in [-0.4, -0.2) is 22.0 Å². The Kier molecular flexibility index (Phi) is 3.76. The Hall–Kier alpha value is -1.95. The minimum absolute atomic E-state index is 0.0860. The molecule has 0 aliphatic carbocycles. The number of amides is 1. The number of aryl methyl sites for hydroxylation is 1. The van der Waals surface area contributed by atoms with Gasteiger partial charge >= 0.3 is 5.97 Å². The number of carboxylic acids is 1. The average molecular weight is 292 g/mol. The van der Waals surface area contributed by atoms with Crippen LogP contribution in [0, 0.1) is 12.3 Å². The second-order valence-electron chi connectivity index (χ2n) is 5.40. The van der Waals surface area contributed by atoms with Crippen LogP contribution in [0.5, 0.6) is 0 Å². The molecule has 0 aliphatic rings. The molecule has 2 N–H and O–H groups in total. The van der Waals surface area contributed by atoms with Gasteiger partial charge in [0.05, 0.1) is 15.6 Å². The molecule has 6 heteroatoms. The summed E-state index contributed by atoms with van der Waals surface area (Å²) in [6.45, 7) is 5.04. The van der Waals surface area contributed by atoms with Crippen molar-refractivity contribution in [1.82, 2.24) is 4.98 Å². The molecular formula is C14H16N2O3S. The predicted octanol–water partition coefficient (Wildman–Crippen LogP) is 3.04. The first-order chi connectivity index (χ1) is 9.28. The largest absolute Gasteiger partial charge is 0.481 e. The minimum atomic E-state index is -1.09. The number of anilines is 1. The molecule has 1 aromatic heterocycles. The van der Waals surface area contributed by atoms with Gasteiger partial charge in [-0.05, 0) is 38.5 Å². The van der Waals surface area contributed by atoms with Gasteiger partial charge in [-0.2, -0.15) is 0 Å². The molecule has 0 aliphatic heterocycles. The number of hydrogen-bond acceptors (Lipinski definition) is 4. The van der Waals surface area contributed by atoms with Gasteiger partial charge in [0.25, 0.3) is 0 Å². The number of fused-ring (bicyclic) bond motifs is 1. The number of rotatable bonds is 4. The molecule has 0 atom stereocenters. The van der Waals surface area contributed by atoms with Crippen LogP contribution in [0.1, 0.15) is 25.8 Å². The smallest absolute Gasteiger partial charge is 0.309 e. The van der Waals surface area contributed by atoms with Gasteiger partial charge < -0.3 is 10.4 Å². The minimum Gasteiger partial charge on any atom is -0.481 e. The molecule has 1 aromatic carbocycles. The first-order valence-electron chi connectivity index (χ1n) is 6.18. The number of aromatic nitrogens is 1. The van der Waals surface area contributed by atoms with Crippen LogP contribution in [0.25, 0.3) is 10.2 Å². The van der Waals surface area contributed by atoms with Crippen LogP contribution in [0.2, 0.25) is 0 Å². The van der Waals surface area contributed by atoms with Gasteiger partial charge in [-0.25, -0.2) is 4.98 Å². The normalized spacial score (nSPS) is 11.6. The van der Waals surface area contributed by atoms with Crippen molar-refractivity contribution in [1.29, 1.82) is 0 Å². The SMILES string of the molecule is Cc1ccc2nc(NC(=O)CC(C)(C)C(=O)O)sc2c1. The lowest BCUT2D eigenvalue weighted by atomic mass is 9.89. The maximum absolute atomic E-state index is 11.9. The fourth-order valence-electron chi connectivity index (χ4n) is 1.73.